The lowest BCUT2D eigenvalue weighted by molar-refractivity contribution is -0.134. The number of carbonyl (C=O) groups is 2. The predicted molar refractivity (Wildman–Crippen MR) is 93.6 cm³/mol. The first kappa shape index (κ1) is 17.9. The quantitative estimate of drug-likeness (QED) is 0.838. The Kier molecular flexibility index (Phi) is 5.68. The molecule has 1 aliphatic heterocycles. The molecule has 1 unspecified atom stereocenters. The largest absolute Gasteiger partial charge is 0.393 e. The van der Waals surface area contributed by atoms with Gasteiger partial charge in [0.2, 0.25) is 11.8 Å². The third kappa shape index (κ3) is 4.57. The van der Waals surface area contributed by atoms with Gasteiger partial charge in [-0.1, -0.05) is 6.07 Å². The summed E-state index contributed by atoms with van der Waals surface area (Å²) in [7, 11) is 0. The molecule has 3 rings (SSSR count). The second kappa shape index (κ2) is 7.95. The maximum Gasteiger partial charge on any atom is 0.223 e. The van der Waals surface area contributed by atoms with Gasteiger partial charge in [0, 0.05) is 50.3 Å². The maximum absolute atomic E-state index is 12.7. The molecule has 6 heteroatoms. The van der Waals surface area contributed by atoms with E-state index in [1.165, 1.54) is 0 Å². The summed E-state index contributed by atoms with van der Waals surface area (Å²) in [5.74, 6) is 0.422. The normalized spacial score (nSPS) is 25.1. The van der Waals surface area contributed by atoms with Crippen molar-refractivity contribution in [2.24, 2.45) is 11.8 Å². The highest BCUT2D eigenvalue weighted by atomic mass is 16.3. The zero-order chi connectivity index (χ0) is 17.8. The Bertz CT molecular complexity index is 593. The van der Waals surface area contributed by atoms with Crippen LogP contribution >= 0.6 is 0 Å². The molecule has 25 heavy (non-hydrogen) atoms. The molecule has 1 aliphatic carbocycles. The molecule has 136 valence electrons. The first-order valence-corrected chi connectivity index (χ1v) is 9.16. The van der Waals surface area contributed by atoms with Gasteiger partial charge in [-0.15, -0.1) is 0 Å². The number of aliphatic hydroxyl groups excluding tert-OH is 1. The van der Waals surface area contributed by atoms with Crippen LogP contribution < -0.4 is 5.32 Å². The van der Waals surface area contributed by atoms with Crippen LogP contribution in [0.4, 0.5) is 0 Å². The Labute approximate surface area is 148 Å². The van der Waals surface area contributed by atoms with E-state index in [0.29, 0.717) is 25.4 Å². The molecule has 2 amide bonds. The van der Waals surface area contributed by atoms with Gasteiger partial charge in [-0.25, -0.2) is 0 Å². The molecule has 6 nitrogen and oxygen atoms in total. The highest BCUT2D eigenvalue weighted by molar-refractivity contribution is 5.80. The highest BCUT2D eigenvalue weighted by Crippen LogP contribution is 2.32. The van der Waals surface area contributed by atoms with Gasteiger partial charge >= 0.3 is 0 Å². The number of aromatic nitrogens is 1. The van der Waals surface area contributed by atoms with Crippen molar-refractivity contribution in [3.05, 3.63) is 30.1 Å². The average molecular weight is 345 g/mol. The van der Waals surface area contributed by atoms with Crippen molar-refractivity contribution >= 4 is 11.8 Å². The second-order valence-corrected chi connectivity index (χ2v) is 7.31. The predicted octanol–water partition coefficient (Wildman–Crippen LogP) is 1.14. The van der Waals surface area contributed by atoms with Crippen LogP contribution in [-0.2, 0) is 16.0 Å². The van der Waals surface area contributed by atoms with Gasteiger partial charge in [0.15, 0.2) is 0 Å². The summed E-state index contributed by atoms with van der Waals surface area (Å²) in [4.78, 5) is 30.3. The third-order valence-electron chi connectivity index (χ3n) is 5.51. The fraction of sp³-hybridized carbons (Fsp3) is 0.632. The number of pyridine rings is 1. The molecule has 2 heterocycles. The maximum atomic E-state index is 12.7. The van der Waals surface area contributed by atoms with E-state index in [0.717, 1.165) is 31.4 Å². The molecule has 1 aromatic heterocycles. The van der Waals surface area contributed by atoms with Gasteiger partial charge in [0.25, 0.3) is 0 Å². The van der Waals surface area contributed by atoms with Gasteiger partial charge in [0.1, 0.15) is 0 Å². The monoisotopic (exact) mass is 345 g/mol. The third-order valence-corrected chi connectivity index (χ3v) is 5.51. The van der Waals surface area contributed by atoms with Gasteiger partial charge in [-0.05, 0) is 43.7 Å². The molecule has 1 saturated heterocycles. The van der Waals surface area contributed by atoms with Gasteiger partial charge < -0.3 is 15.3 Å². The van der Waals surface area contributed by atoms with E-state index in [1.807, 2.05) is 18.2 Å². The van der Waals surface area contributed by atoms with E-state index in [9.17, 15) is 14.7 Å². The van der Waals surface area contributed by atoms with E-state index < -0.39 is 0 Å². The Hall–Kier alpha value is -1.95. The van der Waals surface area contributed by atoms with Crippen molar-refractivity contribution in [2.75, 3.05) is 13.1 Å². The van der Waals surface area contributed by atoms with E-state index in [-0.39, 0.29) is 29.9 Å². The summed E-state index contributed by atoms with van der Waals surface area (Å²) in [5.41, 5.74) is 0.959. The smallest absolute Gasteiger partial charge is 0.223 e. The van der Waals surface area contributed by atoms with E-state index in [4.69, 9.17) is 0 Å². The van der Waals surface area contributed by atoms with Gasteiger partial charge in [0.05, 0.1) is 6.10 Å². The van der Waals surface area contributed by atoms with Crippen LogP contribution in [0.2, 0.25) is 0 Å². The van der Waals surface area contributed by atoms with Gasteiger partial charge in [-0.2, -0.15) is 0 Å². The number of aliphatic hydroxyl groups is 1. The molecule has 2 fully saturated rings. The summed E-state index contributed by atoms with van der Waals surface area (Å²) < 4.78 is 0. The SMILES string of the molecule is CC(=O)N1CCC(C(=O)NC(Cc2ccccn2)C2CC(O)C2)CC1. The van der Waals surface area contributed by atoms with Crippen molar-refractivity contribution in [1.82, 2.24) is 15.2 Å². The minimum Gasteiger partial charge on any atom is -0.393 e. The van der Waals surface area contributed by atoms with Gasteiger partial charge in [-0.3, -0.25) is 14.6 Å². The lowest BCUT2D eigenvalue weighted by atomic mass is 9.75. The fourth-order valence-electron chi connectivity index (χ4n) is 3.80. The van der Waals surface area contributed by atoms with Crippen LogP contribution in [0.15, 0.2) is 24.4 Å². The van der Waals surface area contributed by atoms with Crippen molar-refractivity contribution in [3.8, 4) is 0 Å². The summed E-state index contributed by atoms with van der Waals surface area (Å²) in [6, 6.07) is 5.82. The first-order valence-electron chi connectivity index (χ1n) is 9.16. The van der Waals surface area contributed by atoms with Crippen molar-refractivity contribution in [3.63, 3.8) is 0 Å². The van der Waals surface area contributed by atoms with E-state index >= 15 is 0 Å². The molecule has 1 saturated carbocycles. The molecule has 0 bridgehead atoms. The summed E-state index contributed by atoms with van der Waals surface area (Å²) >= 11 is 0. The zero-order valence-electron chi connectivity index (χ0n) is 14.7. The van der Waals surface area contributed by atoms with Crippen LogP contribution in [0.1, 0.15) is 38.3 Å². The molecule has 2 aliphatic rings. The van der Waals surface area contributed by atoms with Crippen LogP contribution in [0.3, 0.4) is 0 Å². The molecular weight excluding hydrogens is 318 g/mol. The van der Waals surface area contributed by atoms with Crippen LogP contribution in [-0.4, -0.2) is 52.0 Å². The number of rotatable bonds is 5. The summed E-state index contributed by atoms with van der Waals surface area (Å²) in [6.45, 7) is 2.88. The fourth-order valence-corrected chi connectivity index (χ4v) is 3.80. The van der Waals surface area contributed by atoms with Crippen molar-refractivity contribution in [1.29, 1.82) is 0 Å². The number of hydrogen-bond donors (Lipinski definition) is 2. The number of likely N-dealkylation sites (tertiary alicyclic amines) is 1. The number of nitrogens with zero attached hydrogens (tertiary/aromatic N) is 2. The summed E-state index contributed by atoms with van der Waals surface area (Å²) in [5, 5.41) is 12.8. The zero-order valence-corrected chi connectivity index (χ0v) is 14.7. The Balaban J connectivity index is 1.58. The van der Waals surface area contributed by atoms with Crippen molar-refractivity contribution in [2.45, 2.75) is 51.2 Å². The number of amides is 2. The first-order chi connectivity index (χ1) is 12.0. The Morgan fingerprint density at radius 1 is 1.32 bits per heavy atom. The Morgan fingerprint density at radius 2 is 2.04 bits per heavy atom. The standard InChI is InChI=1S/C19H27N3O3/c1-13(23)22-8-5-14(6-9-22)19(25)21-18(15-10-17(24)11-15)12-16-4-2-3-7-20-16/h2-4,7,14-15,17-18,24H,5-6,8-12H2,1H3,(H,21,25). The molecule has 0 radical (unpaired) electrons. The van der Waals surface area contributed by atoms with Crippen LogP contribution in [0, 0.1) is 11.8 Å². The number of carbonyl (C=O) groups excluding carboxylic acids is 2. The highest BCUT2D eigenvalue weighted by Gasteiger charge is 2.36. The minimum absolute atomic E-state index is 0.0108. The topological polar surface area (TPSA) is 82.5 Å². The molecule has 0 spiro atoms. The summed E-state index contributed by atoms with van der Waals surface area (Å²) in [6.07, 6.45) is 5.12. The molecular formula is C19H27N3O3. The number of nitrogens with one attached hydrogen (secondary N) is 1. The Morgan fingerprint density at radius 3 is 2.60 bits per heavy atom. The van der Waals surface area contributed by atoms with Crippen LogP contribution in [0.5, 0.6) is 0 Å². The number of hydrogen-bond acceptors (Lipinski definition) is 4. The van der Waals surface area contributed by atoms with Crippen molar-refractivity contribution < 1.29 is 14.7 Å². The lowest BCUT2D eigenvalue weighted by Crippen LogP contribution is -2.51. The number of piperidine rings is 1. The van der Waals surface area contributed by atoms with E-state index in [1.54, 1.807) is 18.0 Å². The molecule has 1 atom stereocenters. The lowest BCUT2D eigenvalue weighted by Gasteiger charge is -2.39. The molecule has 2 N–H and O–H groups in total. The molecule has 1 aromatic rings. The van der Waals surface area contributed by atoms with Crippen LogP contribution in [0.25, 0.3) is 0 Å². The minimum atomic E-state index is -0.244. The van der Waals surface area contributed by atoms with E-state index in [2.05, 4.69) is 10.3 Å². The second-order valence-electron chi connectivity index (χ2n) is 7.31. The average Bonchev–Trinajstić information content (AvgIpc) is 2.59. The molecule has 0 aromatic carbocycles.